The third-order valence-corrected chi connectivity index (χ3v) is 4.28. The molecular weight excluding hydrogens is 220 g/mol. The van der Waals surface area contributed by atoms with Crippen LogP contribution < -0.4 is 5.32 Å². The zero-order valence-electron chi connectivity index (χ0n) is 9.77. The Kier molecular flexibility index (Phi) is 3.61. The van der Waals surface area contributed by atoms with E-state index >= 15 is 0 Å². The van der Waals surface area contributed by atoms with Gasteiger partial charge in [-0.25, -0.2) is 0 Å². The molecule has 1 aliphatic rings. The van der Waals surface area contributed by atoms with E-state index in [4.69, 9.17) is 0 Å². The van der Waals surface area contributed by atoms with Gasteiger partial charge in [-0.05, 0) is 24.9 Å². The molecule has 0 aliphatic carbocycles. The number of nitrogens with zero attached hydrogens (tertiary/aromatic N) is 1. The van der Waals surface area contributed by atoms with Gasteiger partial charge in [0.25, 0.3) is 0 Å². The standard InChI is InChI=1S/C12H18N2OS/c1-9(15)14-7-10(6-11(8-14)13-2)12-4-3-5-16-12/h3-5,10-11,13H,6-8H2,1-2H3. The lowest BCUT2D eigenvalue weighted by Crippen LogP contribution is -2.48. The summed E-state index contributed by atoms with van der Waals surface area (Å²) in [5.74, 6) is 0.677. The van der Waals surface area contributed by atoms with Crippen molar-refractivity contribution in [2.75, 3.05) is 20.1 Å². The summed E-state index contributed by atoms with van der Waals surface area (Å²) in [5.41, 5.74) is 0. The van der Waals surface area contributed by atoms with Crippen LogP contribution in [0.2, 0.25) is 0 Å². The van der Waals surface area contributed by atoms with Gasteiger partial charge in [0.15, 0.2) is 0 Å². The van der Waals surface area contributed by atoms with Gasteiger partial charge in [-0.2, -0.15) is 0 Å². The maximum Gasteiger partial charge on any atom is 0.219 e. The SMILES string of the molecule is CNC1CC(c2cccs2)CN(C(C)=O)C1. The molecule has 1 N–H and O–H groups in total. The molecular formula is C12H18N2OS. The second kappa shape index (κ2) is 4.97. The van der Waals surface area contributed by atoms with Crippen LogP contribution in [-0.2, 0) is 4.79 Å². The second-order valence-electron chi connectivity index (χ2n) is 4.36. The Morgan fingerprint density at radius 3 is 2.94 bits per heavy atom. The molecule has 2 atom stereocenters. The monoisotopic (exact) mass is 238 g/mol. The number of thiophene rings is 1. The molecule has 88 valence electrons. The van der Waals surface area contributed by atoms with Crippen LogP contribution in [0.25, 0.3) is 0 Å². The van der Waals surface area contributed by atoms with Crippen molar-refractivity contribution in [1.82, 2.24) is 10.2 Å². The molecule has 0 radical (unpaired) electrons. The molecule has 2 unspecified atom stereocenters. The Morgan fingerprint density at radius 2 is 2.38 bits per heavy atom. The van der Waals surface area contributed by atoms with Crippen LogP contribution >= 0.6 is 11.3 Å². The lowest BCUT2D eigenvalue weighted by atomic mass is 9.93. The summed E-state index contributed by atoms with van der Waals surface area (Å²) in [6, 6.07) is 4.68. The van der Waals surface area contributed by atoms with E-state index in [1.807, 2.05) is 11.9 Å². The first-order valence-electron chi connectivity index (χ1n) is 5.67. The van der Waals surface area contributed by atoms with Gasteiger partial charge in [0.1, 0.15) is 0 Å². The number of carbonyl (C=O) groups is 1. The lowest BCUT2D eigenvalue weighted by molar-refractivity contribution is -0.130. The van der Waals surface area contributed by atoms with Crippen LogP contribution in [0.15, 0.2) is 17.5 Å². The van der Waals surface area contributed by atoms with E-state index in [-0.39, 0.29) is 5.91 Å². The molecule has 2 heterocycles. The number of rotatable bonds is 2. The summed E-state index contributed by atoms with van der Waals surface area (Å²) >= 11 is 1.79. The van der Waals surface area contributed by atoms with Crippen molar-refractivity contribution in [1.29, 1.82) is 0 Å². The highest BCUT2D eigenvalue weighted by atomic mass is 32.1. The van der Waals surface area contributed by atoms with Gasteiger partial charge in [0.2, 0.25) is 5.91 Å². The number of amides is 1. The van der Waals surface area contributed by atoms with Gasteiger partial charge in [0, 0.05) is 36.9 Å². The minimum absolute atomic E-state index is 0.182. The van der Waals surface area contributed by atoms with Gasteiger partial charge in [-0.3, -0.25) is 4.79 Å². The summed E-state index contributed by atoms with van der Waals surface area (Å²) in [5, 5.41) is 5.40. The fourth-order valence-corrected chi connectivity index (χ4v) is 3.13. The molecule has 0 bridgehead atoms. The van der Waals surface area contributed by atoms with E-state index in [1.54, 1.807) is 18.3 Å². The smallest absolute Gasteiger partial charge is 0.219 e. The third kappa shape index (κ3) is 2.44. The first-order valence-corrected chi connectivity index (χ1v) is 6.55. The molecule has 1 saturated heterocycles. The summed E-state index contributed by atoms with van der Waals surface area (Å²) in [4.78, 5) is 14.8. The Labute approximate surface area is 100 Å². The zero-order valence-corrected chi connectivity index (χ0v) is 10.6. The van der Waals surface area contributed by atoms with Gasteiger partial charge in [-0.15, -0.1) is 11.3 Å². The molecule has 1 aromatic rings. The fourth-order valence-electron chi connectivity index (χ4n) is 2.30. The van der Waals surface area contributed by atoms with E-state index < -0.39 is 0 Å². The lowest BCUT2D eigenvalue weighted by Gasteiger charge is -2.37. The fraction of sp³-hybridized carbons (Fsp3) is 0.583. The van der Waals surface area contributed by atoms with Crippen LogP contribution in [0, 0.1) is 0 Å². The summed E-state index contributed by atoms with van der Waals surface area (Å²) in [6.07, 6.45) is 1.13. The van der Waals surface area contributed by atoms with Crippen molar-refractivity contribution >= 4 is 17.2 Å². The molecule has 16 heavy (non-hydrogen) atoms. The molecule has 1 amide bonds. The largest absolute Gasteiger partial charge is 0.341 e. The zero-order chi connectivity index (χ0) is 11.5. The van der Waals surface area contributed by atoms with Crippen LogP contribution in [0.3, 0.4) is 0 Å². The number of hydrogen-bond acceptors (Lipinski definition) is 3. The molecule has 2 rings (SSSR count). The van der Waals surface area contributed by atoms with Gasteiger partial charge in [0.05, 0.1) is 0 Å². The topological polar surface area (TPSA) is 32.3 Å². The Hall–Kier alpha value is -0.870. The third-order valence-electron chi connectivity index (χ3n) is 3.25. The quantitative estimate of drug-likeness (QED) is 0.850. The van der Waals surface area contributed by atoms with Crippen molar-refractivity contribution in [3.8, 4) is 0 Å². The Bertz CT molecular complexity index is 350. The average Bonchev–Trinajstić information content (AvgIpc) is 2.81. The van der Waals surface area contributed by atoms with Crippen LogP contribution in [-0.4, -0.2) is 37.0 Å². The average molecular weight is 238 g/mol. The Balaban J connectivity index is 2.11. The number of piperidine rings is 1. The first-order chi connectivity index (χ1) is 7.70. The number of likely N-dealkylation sites (N-methyl/N-ethyl adjacent to an activating group) is 1. The van der Waals surface area contributed by atoms with Crippen LogP contribution in [0.5, 0.6) is 0 Å². The minimum atomic E-state index is 0.182. The van der Waals surface area contributed by atoms with E-state index in [0.717, 1.165) is 19.5 Å². The van der Waals surface area contributed by atoms with E-state index in [1.165, 1.54) is 4.88 Å². The van der Waals surface area contributed by atoms with E-state index in [9.17, 15) is 4.79 Å². The summed E-state index contributed by atoms with van der Waals surface area (Å²) in [7, 11) is 1.97. The molecule has 0 aromatic carbocycles. The first kappa shape index (κ1) is 11.6. The number of likely N-dealkylation sites (tertiary alicyclic amines) is 1. The Morgan fingerprint density at radius 1 is 1.56 bits per heavy atom. The molecule has 0 spiro atoms. The minimum Gasteiger partial charge on any atom is -0.341 e. The van der Waals surface area contributed by atoms with Crippen molar-refractivity contribution in [2.45, 2.75) is 25.3 Å². The molecule has 1 aromatic heterocycles. The predicted molar refractivity (Wildman–Crippen MR) is 66.8 cm³/mol. The predicted octanol–water partition coefficient (Wildman–Crippen LogP) is 1.67. The normalized spacial score (nSPS) is 25.8. The van der Waals surface area contributed by atoms with Gasteiger partial charge in [-0.1, -0.05) is 6.07 Å². The van der Waals surface area contributed by atoms with Crippen LogP contribution in [0.4, 0.5) is 0 Å². The molecule has 1 aliphatic heterocycles. The van der Waals surface area contributed by atoms with Crippen LogP contribution in [0.1, 0.15) is 24.1 Å². The van der Waals surface area contributed by atoms with Crippen molar-refractivity contribution in [3.63, 3.8) is 0 Å². The molecule has 1 fully saturated rings. The van der Waals surface area contributed by atoms with Crippen molar-refractivity contribution in [3.05, 3.63) is 22.4 Å². The molecule has 0 saturated carbocycles. The van der Waals surface area contributed by atoms with Gasteiger partial charge >= 0.3 is 0 Å². The highest BCUT2D eigenvalue weighted by Crippen LogP contribution is 2.30. The number of hydrogen-bond donors (Lipinski definition) is 1. The number of nitrogens with one attached hydrogen (secondary N) is 1. The van der Waals surface area contributed by atoms with Crippen molar-refractivity contribution in [2.24, 2.45) is 0 Å². The second-order valence-corrected chi connectivity index (χ2v) is 5.34. The summed E-state index contributed by atoms with van der Waals surface area (Å²) in [6.45, 7) is 3.37. The van der Waals surface area contributed by atoms with Gasteiger partial charge < -0.3 is 10.2 Å². The number of carbonyl (C=O) groups excluding carboxylic acids is 1. The maximum absolute atomic E-state index is 11.5. The highest BCUT2D eigenvalue weighted by molar-refractivity contribution is 7.10. The maximum atomic E-state index is 11.5. The van der Waals surface area contributed by atoms with Crippen molar-refractivity contribution < 1.29 is 4.79 Å². The molecule has 4 heteroatoms. The summed E-state index contributed by atoms with van der Waals surface area (Å²) < 4.78 is 0. The van der Waals surface area contributed by atoms with E-state index in [0.29, 0.717) is 12.0 Å². The molecule has 3 nitrogen and oxygen atoms in total. The van der Waals surface area contributed by atoms with E-state index in [2.05, 4.69) is 22.8 Å². The highest BCUT2D eigenvalue weighted by Gasteiger charge is 2.28.